The van der Waals surface area contributed by atoms with Crippen molar-refractivity contribution in [2.75, 3.05) is 11.4 Å². The van der Waals surface area contributed by atoms with Crippen LogP contribution >= 0.6 is 11.3 Å². The lowest BCUT2D eigenvalue weighted by Crippen LogP contribution is -2.35. The van der Waals surface area contributed by atoms with Crippen molar-refractivity contribution in [2.24, 2.45) is 0 Å². The number of nitrogens with zero attached hydrogens (tertiary/aromatic N) is 4. The quantitative estimate of drug-likeness (QED) is 0.540. The summed E-state index contributed by atoms with van der Waals surface area (Å²) in [7, 11) is 0. The van der Waals surface area contributed by atoms with Gasteiger partial charge in [-0.3, -0.25) is 19.3 Å². The molecule has 9 heteroatoms. The molecule has 0 atom stereocenters. The highest BCUT2D eigenvalue weighted by atomic mass is 32.1. The van der Waals surface area contributed by atoms with Crippen LogP contribution in [0.3, 0.4) is 0 Å². The predicted octanol–water partition coefficient (Wildman–Crippen LogP) is 1.48. The molecule has 0 aliphatic carbocycles. The number of para-hydroxylation sites is 1. The van der Waals surface area contributed by atoms with Crippen molar-refractivity contribution in [2.45, 2.75) is 6.92 Å². The Hall–Kier alpha value is -3.85. The fourth-order valence-electron chi connectivity index (χ4n) is 3.58. The SMILES string of the molecule is Cc1cccc(-c2nc3s/c(=C4\C(=O)N(CC(=O)O)c5ccccc54)c(=O)n3n2)c1. The van der Waals surface area contributed by atoms with Crippen LogP contribution in [0.15, 0.2) is 53.3 Å². The summed E-state index contributed by atoms with van der Waals surface area (Å²) in [5, 5.41) is 13.5. The third-order valence-corrected chi connectivity index (χ3v) is 5.91. The average molecular weight is 418 g/mol. The van der Waals surface area contributed by atoms with Gasteiger partial charge in [0, 0.05) is 11.1 Å². The lowest BCUT2D eigenvalue weighted by Gasteiger charge is -2.13. The summed E-state index contributed by atoms with van der Waals surface area (Å²) >= 11 is 1.07. The lowest BCUT2D eigenvalue weighted by molar-refractivity contribution is -0.136. The van der Waals surface area contributed by atoms with Crippen LogP contribution in [-0.2, 0) is 9.59 Å². The van der Waals surface area contributed by atoms with Crippen LogP contribution in [0.4, 0.5) is 5.69 Å². The number of aromatic nitrogens is 3. The number of rotatable bonds is 3. The van der Waals surface area contributed by atoms with Crippen LogP contribution in [0, 0.1) is 6.92 Å². The van der Waals surface area contributed by atoms with E-state index in [1.54, 1.807) is 24.3 Å². The Morgan fingerprint density at radius 2 is 1.93 bits per heavy atom. The van der Waals surface area contributed by atoms with Crippen molar-refractivity contribution < 1.29 is 14.7 Å². The van der Waals surface area contributed by atoms with Crippen LogP contribution in [-0.4, -0.2) is 38.1 Å². The maximum absolute atomic E-state index is 13.1. The number of carbonyl (C=O) groups excluding carboxylic acids is 1. The number of carboxylic acids is 1. The van der Waals surface area contributed by atoms with Crippen LogP contribution in [0.1, 0.15) is 11.1 Å². The molecule has 0 bridgehead atoms. The summed E-state index contributed by atoms with van der Waals surface area (Å²) in [6.07, 6.45) is 0. The van der Waals surface area contributed by atoms with E-state index < -0.39 is 24.0 Å². The molecule has 30 heavy (non-hydrogen) atoms. The van der Waals surface area contributed by atoms with Crippen LogP contribution in [0.2, 0.25) is 0 Å². The molecule has 0 spiro atoms. The molecule has 0 unspecified atom stereocenters. The summed E-state index contributed by atoms with van der Waals surface area (Å²) in [5.74, 6) is -1.21. The lowest BCUT2D eigenvalue weighted by atomic mass is 10.1. The Morgan fingerprint density at radius 3 is 2.67 bits per heavy atom. The van der Waals surface area contributed by atoms with Crippen LogP contribution in [0.25, 0.3) is 21.9 Å². The molecule has 0 fully saturated rings. The molecule has 5 rings (SSSR count). The molecule has 2 aromatic heterocycles. The zero-order chi connectivity index (χ0) is 21.0. The molecule has 0 saturated carbocycles. The number of benzene rings is 2. The van der Waals surface area contributed by atoms with Gasteiger partial charge < -0.3 is 5.11 Å². The zero-order valence-corrected chi connectivity index (χ0v) is 16.5. The highest BCUT2D eigenvalue weighted by Gasteiger charge is 2.35. The summed E-state index contributed by atoms with van der Waals surface area (Å²) in [6, 6.07) is 14.5. The largest absolute Gasteiger partial charge is 0.480 e. The predicted molar refractivity (Wildman–Crippen MR) is 111 cm³/mol. The second-order valence-electron chi connectivity index (χ2n) is 6.91. The van der Waals surface area contributed by atoms with Gasteiger partial charge in [-0.25, -0.2) is 0 Å². The minimum Gasteiger partial charge on any atom is -0.480 e. The van der Waals surface area contributed by atoms with E-state index in [1.165, 1.54) is 9.42 Å². The van der Waals surface area contributed by atoms with Gasteiger partial charge in [-0.05, 0) is 19.1 Å². The van der Waals surface area contributed by atoms with Gasteiger partial charge in [0.25, 0.3) is 11.5 Å². The number of anilines is 1. The van der Waals surface area contributed by atoms with Crippen LogP contribution in [0.5, 0.6) is 0 Å². The van der Waals surface area contributed by atoms with Crippen molar-refractivity contribution >= 4 is 39.4 Å². The third-order valence-electron chi connectivity index (χ3n) is 4.88. The molecule has 1 amide bonds. The minimum absolute atomic E-state index is 0.186. The van der Waals surface area contributed by atoms with E-state index in [1.807, 2.05) is 31.2 Å². The molecule has 8 nitrogen and oxygen atoms in total. The van der Waals surface area contributed by atoms with Gasteiger partial charge in [-0.2, -0.15) is 9.50 Å². The minimum atomic E-state index is -1.13. The van der Waals surface area contributed by atoms with Crippen molar-refractivity contribution in [1.29, 1.82) is 0 Å². The third kappa shape index (κ3) is 2.71. The number of thiazole rings is 1. The van der Waals surface area contributed by atoms with Gasteiger partial charge in [0.15, 0.2) is 5.82 Å². The van der Waals surface area contributed by atoms with E-state index in [9.17, 15) is 19.5 Å². The summed E-state index contributed by atoms with van der Waals surface area (Å²) < 4.78 is 1.39. The number of aryl methyl sites for hydroxylation is 1. The Morgan fingerprint density at radius 1 is 1.13 bits per heavy atom. The second kappa shape index (κ2) is 6.60. The smallest absolute Gasteiger partial charge is 0.323 e. The number of hydrogen-bond acceptors (Lipinski definition) is 6. The van der Waals surface area contributed by atoms with E-state index in [2.05, 4.69) is 10.1 Å². The molecular formula is C21H14N4O4S. The van der Waals surface area contributed by atoms with Gasteiger partial charge in [-0.15, -0.1) is 5.10 Å². The molecule has 4 aromatic rings. The summed E-state index contributed by atoms with van der Waals surface area (Å²) in [6.45, 7) is 1.48. The molecule has 2 aromatic carbocycles. The van der Waals surface area contributed by atoms with Crippen molar-refractivity contribution in [3.05, 3.63) is 74.5 Å². The van der Waals surface area contributed by atoms with Crippen molar-refractivity contribution in [3.63, 3.8) is 0 Å². The van der Waals surface area contributed by atoms with Gasteiger partial charge in [0.2, 0.25) is 4.96 Å². The van der Waals surface area contributed by atoms with E-state index in [4.69, 9.17) is 0 Å². The molecule has 0 radical (unpaired) electrons. The highest BCUT2D eigenvalue weighted by Crippen LogP contribution is 2.35. The topological polar surface area (TPSA) is 105 Å². The first-order chi connectivity index (χ1) is 14.4. The molecule has 0 saturated heterocycles. The molecular weight excluding hydrogens is 404 g/mol. The first kappa shape index (κ1) is 18.2. The zero-order valence-electron chi connectivity index (χ0n) is 15.7. The average Bonchev–Trinajstić information content (AvgIpc) is 3.34. The molecule has 3 heterocycles. The van der Waals surface area contributed by atoms with Gasteiger partial charge in [-0.1, -0.05) is 53.3 Å². The van der Waals surface area contributed by atoms with Gasteiger partial charge in [0.1, 0.15) is 11.1 Å². The van der Waals surface area contributed by atoms with Crippen molar-refractivity contribution in [3.8, 4) is 11.4 Å². The molecule has 1 aliphatic heterocycles. The van der Waals surface area contributed by atoms with Gasteiger partial charge in [0.05, 0.1) is 11.3 Å². The second-order valence-corrected chi connectivity index (χ2v) is 7.89. The molecule has 148 valence electrons. The van der Waals surface area contributed by atoms with Crippen LogP contribution < -0.4 is 15.0 Å². The first-order valence-electron chi connectivity index (χ1n) is 9.08. The Bertz CT molecular complexity index is 1470. The maximum Gasteiger partial charge on any atom is 0.323 e. The number of amides is 1. The Kier molecular flexibility index (Phi) is 4.00. The number of aliphatic carboxylic acids is 1. The van der Waals surface area contributed by atoms with E-state index in [-0.39, 0.29) is 10.1 Å². The highest BCUT2D eigenvalue weighted by molar-refractivity contribution is 7.15. The maximum atomic E-state index is 13.1. The first-order valence-corrected chi connectivity index (χ1v) is 9.89. The number of fused-ring (bicyclic) bond motifs is 2. The molecule has 1 aliphatic rings. The normalized spacial score (nSPS) is 15.1. The van der Waals surface area contributed by atoms with E-state index in [0.29, 0.717) is 22.0 Å². The summed E-state index contributed by atoms with van der Waals surface area (Å²) in [5.41, 5.74) is 2.59. The van der Waals surface area contributed by atoms with E-state index >= 15 is 0 Å². The Labute approximate surface area is 173 Å². The number of carboxylic acid groups (broad SMARTS) is 1. The standard InChI is InChI=1S/C21H14N4O4S/c1-11-5-4-6-12(9-11)18-22-21-25(23-18)20(29)17(30-21)16-13-7-2-3-8-14(13)24(19(16)28)10-15(26)27/h2-9H,10H2,1H3,(H,26,27)/b17-16-. The number of hydrogen-bond donors (Lipinski definition) is 1. The van der Waals surface area contributed by atoms with Gasteiger partial charge >= 0.3 is 5.97 Å². The summed E-state index contributed by atoms with van der Waals surface area (Å²) in [4.78, 5) is 43.3. The monoisotopic (exact) mass is 418 g/mol. The fourth-order valence-corrected chi connectivity index (χ4v) is 4.58. The van der Waals surface area contributed by atoms with E-state index in [0.717, 1.165) is 22.5 Å². The fraction of sp³-hybridized carbons (Fsp3) is 0.0952. The van der Waals surface area contributed by atoms with Crippen molar-refractivity contribution in [1.82, 2.24) is 14.6 Å². The Balaban J connectivity index is 1.72. The molecule has 1 N–H and O–H groups in total. The number of carbonyl (C=O) groups is 2.